The molecule has 9 nitrogen and oxygen atoms in total. The summed E-state index contributed by atoms with van der Waals surface area (Å²) in [5.41, 5.74) is 6.92. The van der Waals surface area contributed by atoms with Gasteiger partial charge in [0.15, 0.2) is 5.82 Å². The van der Waals surface area contributed by atoms with Crippen LogP contribution in [0.1, 0.15) is 24.5 Å². The van der Waals surface area contributed by atoms with Crippen molar-refractivity contribution >= 4 is 34.6 Å². The fourth-order valence-corrected chi connectivity index (χ4v) is 4.45. The molecule has 32 heavy (non-hydrogen) atoms. The van der Waals surface area contributed by atoms with Gasteiger partial charge in [0.25, 0.3) is 0 Å². The van der Waals surface area contributed by atoms with Crippen molar-refractivity contribution in [2.75, 3.05) is 36.0 Å². The molecule has 1 aromatic carbocycles. The van der Waals surface area contributed by atoms with E-state index in [0.717, 1.165) is 41.3 Å². The molecule has 0 unspecified atom stereocenters. The number of primary amides is 1. The minimum absolute atomic E-state index is 0.268. The largest absolute Gasteiger partial charge is 0.412 e. The van der Waals surface area contributed by atoms with Crippen LogP contribution in [0.2, 0.25) is 0 Å². The lowest BCUT2D eigenvalue weighted by Gasteiger charge is -2.41. The Morgan fingerprint density at radius 2 is 1.72 bits per heavy atom. The summed E-state index contributed by atoms with van der Waals surface area (Å²) in [6.07, 6.45) is 3.55. The summed E-state index contributed by atoms with van der Waals surface area (Å²) in [7, 11) is 0. The van der Waals surface area contributed by atoms with Gasteiger partial charge in [0, 0.05) is 49.9 Å². The van der Waals surface area contributed by atoms with E-state index in [1.807, 2.05) is 18.2 Å². The molecule has 2 saturated heterocycles. The third-order valence-electron chi connectivity index (χ3n) is 6.21. The smallest absolute Gasteiger partial charge is 0.376 e. The van der Waals surface area contributed by atoms with Crippen LogP contribution in [0.15, 0.2) is 48.8 Å². The number of para-hydroxylation sites is 1. The average Bonchev–Trinajstić information content (AvgIpc) is 2.78. The Kier molecular flexibility index (Phi) is 5.30. The third-order valence-corrected chi connectivity index (χ3v) is 6.21. The van der Waals surface area contributed by atoms with E-state index in [2.05, 4.69) is 42.7 Å². The number of esters is 1. The number of carbonyl (C=O) groups excluding carboxylic acids is 2. The lowest BCUT2D eigenvalue weighted by molar-refractivity contribution is -0.142. The quantitative estimate of drug-likeness (QED) is 0.494. The number of pyridine rings is 1. The van der Waals surface area contributed by atoms with Crippen LogP contribution in [0.3, 0.4) is 0 Å². The number of amides is 1. The molecule has 5 rings (SSSR count). The van der Waals surface area contributed by atoms with Gasteiger partial charge in [0.2, 0.25) is 0 Å². The normalized spacial score (nSPS) is 17.2. The number of nitrogens with zero attached hydrogens (tertiary/aromatic N) is 5. The van der Waals surface area contributed by atoms with Crippen LogP contribution in [0.4, 0.5) is 16.4 Å². The molecule has 4 heterocycles. The fraction of sp³-hybridized carbons (Fsp3) is 0.348. The molecule has 2 aliphatic heterocycles. The highest BCUT2D eigenvalue weighted by molar-refractivity contribution is 5.85. The first-order chi connectivity index (χ1) is 15.6. The van der Waals surface area contributed by atoms with Gasteiger partial charge in [0.05, 0.1) is 17.1 Å². The third kappa shape index (κ3) is 3.93. The molecule has 9 heteroatoms. The molecule has 0 saturated carbocycles. The van der Waals surface area contributed by atoms with Crippen molar-refractivity contribution in [2.24, 2.45) is 11.7 Å². The van der Waals surface area contributed by atoms with Crippen molar-refractivity contribution in [1.29, 1.82) is 0 Å². The van der Waals surface area contributed by atoms with Gasteiger partial charge in [0.1, 0.15) is 5.82 Å². The Bertz CT molecular complexity index is 1160. The molecule has 1 amide bonds. The van der Waals surface area contributed by atoms with E-state index in [4.69, 9.17) is 10.7 Å². The summed E-state index contributed by atoms with van der Waals surface area (Å²) in [6.45, 7) is 2.96. The Hall–Kier alpha value is -3.75. The van der Waals surface area contributed by atoms with Crippen LogP contribution in [0.25, 0.3) is 10.9 Å². The first-order valence-electron chi connectivity index (χ1n) is 10.8. The molecule has 0 radical (unpaired) electrons. The summed E-state index contributed by atoms with van der Waals surface area (Å²) >= 11 is 0. The number of benzene rings is 1. The lowest BCUT2D eigenvalue weighted by Crippen LogP contribution is -2.47. The highest BCUT2D eigenvalue weighted by Gasteiger charge is 2.35. The SMILES string of the molecule is NC(=O)OC(=O)C1CCN(c2nccnc2C2CN(c3ccc4ccccc4n3)C2)CC1. The van der Waals surface area contributed by atoms with E-state index in [0.29, 0.717) is 25.9 Å². The van der Waals surface area contributed by atoms with Gasteiger partial charge in [-0.1, -0.05) is 18.2 Å². The van der Waals surface area contributed by atoms with Crippen LogP contribution < -0.4 is 15.5 Å². The number of rotatable bonds is 4. The molecule has 2 aliphatic rings. The number of hydrogen-bond donors (Lipinski definition) is 1. The molecule has 0 atom stereocenters. The van der Waals surface area contributed by atoms with E-state index in [1.54, 1.807) is 12.4 Å². The first-order valence-corrected chi connectivity index (χ1v) is 10.8. The van der Waals surface area contributed by atoms with Gasteiger partial charge >= 0.3 is 12.1 Å². The second-order valence-electron chi connectivity index (χ2n) is 8.23. The summed E-state index contributed by atoms with van der Waals surface area (Å²) in [6, 6.07) is 12.3. The number of fused-ring (bicyclic) bond motifs is 1. The highest BCUT2D eigenvalue weighted by Crippen LogP contribution is 2.35. The van der Waals surface area contributed by atoms with Crippen molar-refractivity contribution in [3.8, 4) is 0 Å². The van der Waals surface area contributed by atoms with Gasteiger partial charge in [-0.05, 0) is 31.0 Å². The number of ether oxygens (including phenoxy) is 1. The molecular weight excluding hydrogens is 408 g/mol. The summed E-state index contributed by atoms with van der Waals surface area (Å²) in [4.78, 5) is 41.2. The Morgan fingerprint density at radius 3 is 2.50 bits per heavy atom. The van der Waals surface area contributed by atoms with Gasteiger partial charge in [-0.25, -0.2) is 14.8 Å². The molecule has 164 valence electrons. The van der Waals surface area contributed by atoms with Crippen molar-refractivity contribution in [1.82, 2.24) is 15.0 Å². The Balaban J connectivity index is 1.25. The predicted molar refractivity (Wildman–Crippen MR) is 119 cm³/mol. The Morgan fingerprint density at radius 1 is 0.969 bits per heavy atom. The molecule has 2 N–H and O–H groups in total. The maximum Gasteiger partial charge on any atom is 0.412 e. The monoisotopic (exact) mass is 432 g/mol. The van der Waals surface area contributed by atoms with Crippen molar-refractivity contribution in [2.45, 2.75) is 18.8 Å². The maximum absolute atomic E-state index is 12.0. The minimum atomic E-state index is -1.05. The van der Waals surface area contributed by atoms with Gasteiger partial charge in [-0.2, -0.15) is 0 Å². The van der Waals surface area contributed by atoms with Crippen LogP contribution >= 0.6 is 0 Å². The number of anilines is 2. The van der Waals surface area contributed by atoms with Gasteiger partial charge in [-0.15, -0.1) is 0 Å². The lowest BCUT2D eigenvalue weighted by atomic mass is 9.93. The summed E-state index contributed by atoms with van der Waals surface area (Å²) < 4.78 is 4.54. The standard InChI is InChI=1S/C23H24N6O3/c24-23(31)32-22(30)16-7-11-28(12-8-16)21-20(25-9-10-26-21)17-13-29(14-17)19-6-5-15-3-1-2-4-18(15)27-19/h1-6,9-10,16-17H,7-8,11-14H2,(H2,24,31). The summed E-state index contributed by atoms with van der Waals surface area (Å²) in [5, 5.41) is 1.13. The number of aromatic nitrogens is 3. The van der Waals surface area contributed by atoms with Crippen LogP contribution in [0.5, 0.6) is 0 Å². The molecule has 0 spiro atoms. The number of hydrogen-bond acceptors (Lipinski definition) is 8. The van der Waals surface area contributed by atoms with E-state index >= 15 is 0 Å². The van der Waals surface area contributed by atoms with Crippen molar-refractivity contribution < 1.29 is 14.3 Å². The zero-order valence-corrected chi connectivity index (χ0v) is 17.6. The predicted octanol–water partition coefficient (Wildman–Crippen LogP) is 2.47. The molecular formula is C23H24N6O3. The van der Waals surface area contributed by atoms with E-state index in [9.17, 15) is 9.59 Å². The van der Waals surface area contributed by atoms with Crippen molar-refractivity contribution in [3.05, 3.63) is 54.5 Å². The summed E-state index contributed by atoms with van der Waals surface area (Å²) in [5.74, 6) is 1.24. The minimum Gasteiger partial charge on any atom is -0.376 e. The number of nitrogens with two attached hydrogens (primary N) is 1. The van der Waals surface area contributed by atoms with Crippen LogP contribution in [-0.4, -0.2) is 53.2 Å². The second kappa shape index (κ2) is 8.41. The molecule has 2 aromatic heterocycles. The van der Waals surface area contributed by atoms with E-state index in [1.165, 1.54) is 0 Å². The molecule has 0 bridgehead atoms. The van der Waals surface area contributed by atoms with Gasteiger partial charge < -0.3 is 20.3 Å². The van der Waals surface area contributed by atoms with Crippen LogP contribution in [-0.2, 0) is 9.53 Å². The number of piperidine rings is 1. The van der Waals surface area contributed by atoms with Gasteiger partial charge in [-0.3, -0.25) is 9.78 Å². The fourth-order valence-electron chi connectivity index (χ4n) is 4.45. The van der Waals surface area contributed by atoms with E-state index in [-0.39, 0.29) is 11.8 Å². The second-order valence-corrected chi connectivity index (χ2v) is 8.23. The molecule has 2 fully saturated rings. The zero-order chi connectivity index (χ0) is 22.1. The first kappa shape index (κ1) is 20.2. The van der Waals surface area contributed by atoms with Crippen molar-refractivity contribution in [3.63, 3.8) is 0 Å². The maximum atomic E-state index is 12.0. The average molecular weight is 432 g/mol. The topological polar surface area (TPSA) is 115 Å². The van der Waals surface area contributed by atoms with Crippen LogP contribution in [0, 0.1) is 5.92 Å². The highest BCUT2D eigenvalue weighted by atomic mass is 16.6. The number of carbonyl (C=O) groups is 2. The zero-order valence-electron chi connectivity index (χ0n) is 17.6. The molecule has 3 aromatic rings. The Labute approximate surface area is 185 Å². The van der Waals surface area contributed by atoms with E-state index < -0.39 is 12.1 Å². The molecule has 0 aliphatic carbocycles.